The fourth-order valence-corrected chi connectivity index (χ4v) is 2.92. The lowest BCUT2D eigenvalue weighted by Crippen LogP contribution is -2.38. The summed E-state index contributed by atoms with van der Waals surface area (Å²) in [5.41, 5.74) is 5.81. The van der Waals surface area contributed by atoms with Crippen molar-refractivity contribution in [3.8, 4) is 5.75 Å². The standard InChI is InChI=1S/C17H21FN4O/c1-12-20-16(19)9-17(21-12)22-7-3-4-13(10-22)11-23-15-6-2-5-14(18)8-15/h2,5-6,8-9,13H,3-4,7,10-11H2,1H3,(H2,19,20,21)/t13-/m0/s1. The van der Waals surface area contributed by atoms with E-state index in [9.17, 15) is 4.39 Å². The lowest BCUT2D eigenvalue weighted by Gasteiger charge is -2.33. The third-order valence-corrected chi connectivity index (χ3v) is 3.97. The number of benzene rings is 1. The summed E-state index contributed by atoms with van der Waals surface area (Å²) >= 11 is 0. The van der Waals surface area contributed by atoms with Gasteiger partial charge in [-0.2, -0.15) is 0 Å². The Balaban J connectivity index is 1.61. The van der Waals surface area contributed by atoms with Crippen molar-refractivity contribution in [2.45, 2.75) is 19.8 Å². The van der Waals surface area contributed by atoms with E-state index in [0.29, 0.717) is 29.9 Å². The van der Waals surface area contributed by atoms with Gasteiger partial charge < -0.3 is 15.4 Å². The number of aromatic nitrogens is 2. The number of halogens is 1. The quantitative estimate of drug-likeness (QED) is 0.939. The molecule has 1 atom stereocenters. The van der Waals surface area contributed by atoms with Gasteiger partial charge in [-0.1, -0.05) is 6.07 Å². The Bertz CT molecular complexity index is 659. The molecule has 1 aliphatic rings. The first-order valence-electron chi connectivity index (χ1n) is 7.84. The number of nitrogen functional groups attached to an aromatic ring is 1. The second kappa shape index (κ2) is 6.81. The molecule has 0 aliphatic carbocycles. The Kier molecular flexibility index (Phi) is 4.60. The topological polar surface area (TPSA) is 64.3 Å². The molecule has 0 amide bonds. The molecule has 122 valence electrons. The highest BCUT2D eigenvalue weighted by Crippen LogP contribution is 2.24. The summed E-state index contributed by atoms with van der Waals surface area (Å²) in [5.74, 6) is 2.71. The normalized spacial score (nSPS) is 18.0. The van der Waals surface area contributed by atoms with E-state index in [1.807, 2.05) is 13.0 Å². The summed E-state index contributed by atoms with van der Waals surface area (Å²) in [5, 5.41) is 0. The van der Waals surface area contributed by atoms with Crippen LogP contribution < -0.4 is 15.4 Å². The number of hydrogen-bond donors (Lipinski definition) is 1. The van der Waals surface area contributed by atoms with Crippen LogP contribution in [0.1, 0.15) is 18.7 Å². The molecule has 0 saturated carbocycles. The molecule has 5 nitrogen and oxygen atoms in total. The highest BCUT2D eigenvalue weighted by molar-refractivity contribution is 5.47. The molecular weight excluding hydrogens is 295 g/mol. The number of anilines is 2. The lowest BCUT2D eigenvalue weighted by molar-refractivity contribution is 0.228. The van der Waals surface area contributed by atoms with Crippen molar-refractivity contribution in [1.29, 1.82) is 0 Å². The molecule has 1 aromatic heterocycles. The van der Waals surface area contributed by atoms with Crippen LogP contribution in [0.4, 0.5) is 16.0 Å². The molecule has 0 spiro atoms. The first-order chi connectivity index (χ1) is 11.1. The molecule has 0 unspecified atom stereocenters. The zero-order chi connectivity index (χ0) is 16.2. The van der Waals surface area contributed by atoms with E-state index < -0.39 is 0 Å². The third-order valence-electron chi connectivity index (χ3n) is 3.97. The summed E-state index contributed by atoms with van der Waals surface area (Å²) in [6.45, 7) is 4.21. The maximum Gasteiger partial charge on any atom is 0.134 e. The Hall–Kier alpha value is -2.37. The molecule has 2 N–H and O–H groups in total. The minimum Gasteiger partial charge on any atom is -0.493 e. The van der Waals surface area contributed by atoms with Gasteiger partial charge in [0.15, 0.2) is 0 Å². The zero-order valence-corrected chi connectivity index (χ0v) is 13.2. The van der Waals surface area contributed by atoms with Crippen molar-refractivity contribution >= 4 is 11.6 Å². The van der Waals surface area contributed by atoms with Gasteiger partial charge >= 0.3 is 0 Å². The van der Waals surface area contributed by atoms with Crippen LogP contribution in [0.5, 0.6) is 5.75 Å². The summed E-state index contributed by atoms with van der Waals surface area (Å²) in [6, 6.07) is 8.07. The van der Waals surface area contributed by atoms with Gasteiger partial charge in [0.2, 0.25) is 0 Å². The summed E-state index contributed by atoms with van der Waals surface area (Å²) in [4.78, 5) is 10.8. The minimum absolute atomic E-state index is 0.278. The van der Waals surface area contributed by atoms with E-state index in [1.54, 1.807) is 12.1 Å². The molecule has 6 heteroatoms. The van der Waals surface area contributed by atoms with Crippen LogP contribution in [-0.4, -0.2) is 29.7 Å². The van der Waals surface area contributed by atoms with Crippen LogP contribution in [-0.2, 0) is 0 Å². The van der Waals surface area contributed by atoms with Crippen LogP contribution in [0.2, 0.25) is 0 Å². The Labute approximate surface area is 135 Å². The summed E-state index contributed by atoms with van der Waals surface area (Å²) in [7, 11) is 0. The Morgan fingerprint density at radius 3 is 3.00 bits per heavy atom. The molecule has 1 fully saturated rings. The number of aryl methyl sites for hydroxylation is 1. The second-order valence-electron chi connectivity index (χ2n) is 5.92. The third kappa shape index (κ3) is 4.09. The van der Waals surface area contributed by atoms with E-state index in [1.165, 1.54) is 12.1 Å². The molecular formula is C17H21FN4O. The van der Waals surface area contributed by atoms with Gasteiger partial charge in [-0.3, -0.25) is 0 Å². The molecule has 23 heavy (non-hydrogen) atoms. The second-order valence-corrected chi connectivity index (χ2v) is 5.92. The van der Waals surface area contributed by atoms with Gasteiger partial charge in [0.05, 0.1) is 6.61 Å². The van der Waals surface area contributed by atoms with Crippen LogP contribution in [0.3, 0.4) is 0 Å². The highest BCUT2D eigenvalue weighted by atomic mass is 19.1. The van der Waals surface area contributed by atoms with Crippen molar-refractivity contribution in [2.24, 2.45) is 5.92 Å². The molecule has 0 radical (unpaired) electrons. The predicted molar refractivity (Wildman–Crippen MR) is 88.0 cm³/mol. The molecule has 1 saturated heterocycles. The zero-order valence-electron chi connectivity index (χ0n) is 13.2. The predicted octanol–water partition coefficient (Wildman–Crippen LogP) is 2.80. The molecule has 1 aliphatic heterocycles. The number of hydrogen-bond acceptors (Lipinski definition) is 5. The SMILES string of the molecule is Cc1nc(N)cc(N2CCC[C@H](COc3cccc(F)c3)C2)n1. The first-order valence-corrected chi connectivity index (χ1v) is 7.84. The maximum absolute atomic E-state index is 13.2. The average Bonchev–Trinajstić information content (AvgIpc) is 2.52. The van der Waals surface area contributed by atoms with Gasteiger partial charge in [-0.15, -0.1) is 0 Å². The van der Waals surface area contributed by atoms with Gasteiger partial charge in [-0.05, 0) is 31.9 Å². The molecule has 3 rings (SSSR count). The fourth-order valence-electron chi connectivity index (χ4n) is 2.92. The lowest BCUT2D eigenvalue weighted by atomic mass is 9.99. The van der Waals surface area contributed by atoms with E-state index in [4.69, 9.17) is 10.5 Å². The van der Waals surface area contributed by atoms with E-state index >= 15 is 0 Å². The maximum atomic E-state index is 13.2. The van der Waals surface area contributed by atoms with Gasteiger partial charge in [0.1, 0.15) is 29.0 Å². The molecule has 2 heterocycles. The highest BCUT2D eigenvalue weighted by Gasteiger charge is 2.22. The Morgan fingerprint density at radius 1 is 1.35 bits per heavy atom. The Morgan fingerprint density at radius 2 is 2.22 bits per heavy atom. The van der Waals surface area contributed by atoms with Gasteiger partial charge in [0, 0.05) is 31.1 Å². The van der Waals surface area contributed by atoms with Crippen LogP contribution in [0.25, 0.3) is 0 Å². The monoisotopic (exact) mass is 316 g/mol. The van der Waals surface area contributed by atoms with Crippen LogP contribution >= 0.6 is 0 Å². The van der Waals surface area contributed by atoms with Crippen LogP contribution in [0, 0.1) is 18.7 Å². The van der Waals surface area contributed by atoms with Crippen LogP contribution in [0.15, 0.2) is 30.3 Å². The first kappa shape index (κ1) is 15.5. The fraction of sp³-hybridized carbons (Fsp3) is 0.412. The number of nitrogens with two attached hydrogens (primary N) is 1. The largest absolute Gasteiger partial charge is 0.493 e. The summed E-state index contributed by atoms with van der Waals surface area (Å²) < 4.78 is 18.9. The van der Waals surface area contributed by atoms with Crippen molar-refractivity contribution in [3.63, 3.8) is 0 Å². The minimum atomic E-state index is -0.278. The van der Waals surface area contributed by atoms with Crippen molar-refractivity contribution < 1.29 is 9.13 Å². The molecule has 0 bridgehead atoms. The number of ether oxygens (including phenoxy) is 1. The number of piperidine rings is 1. The number of rotatable bonds is 4. The van der Waals surface area contributed by atoms with E-state index in [2.05, 4.69) is 14.9 Å². The van der Waals surface area contributed by atoms with Gasteiger partial charge in [0.25, 0.3) is 0 Å². The number of nitrogens with zero attached hydrogens (tertiary/aromatic N) is 3. The van der Waals surface area contributed by atoms with E-state index in [-0.39, 0.29) is 5.82 Å². The smallest absolute Gasteiger partial charge is 0.134 e. The molecule has 2 aromatic rings. The molecule has 1 aromatic carbocycles. The van der Waals surface area contributed by atoms with Gasteiger partial charge in [-0.25, -0.2) is 14.4 Å². The van der Waals surface area contributed by atoms with Crippen molar-refractivity contribution in [3.05, 3.63) is 42.0 Å². The van der Waals surface area contributed by atoms with E-state index in [0.717, 1.165) is 31.7 Å². The van der Waals surface area contributed by atoms with Crippen molar-refractivity contribution in [2.75, 3.05) is 30.3 Å². The van der Waals surface area contributed by atoms with Crippen molar-refractivity contribution in [1.82, 2.24) is 9.97 Å². The average molecular weight is 316 g/mol. The summed E-state index contributed by atoms with van der Waals surface area (Å²) in [6.07, 6.45) is 2.16.